The van der Waals surface area contributed by atoms with Crippen molar-refractivity contribution in [3.05, 3.63) is 80.1 Å². The largest absolute Gasteiger partial charge is 0.465 e. The Balaban J connectivity index is 1.55. The molecule has 0 saturated carbocycles. The van der Waals surface area contributed by atoms with Crippen molar-refractivity contribution >= 4 is 55.0 Å². The third kappa shape index (κ3) is 5.40. The second kappa shape index (κ2) is 11.4. The Morgan fingerprint density at radius 1 is 1.16 bits per heavy atom. The van der Waals surface area contributed by atoms with E-state index in [0.717, 1.165) is 75.6 Å². The highest BCUT2D eigenvalue weighted by atomic mass is 79.9. The SMILES string of the molecule is CCCCc1ccc(-c2cc(C(=O)Nc3sc4c(c3C(=O)OC)CCC(C)C4)c3cc(Br)ccc3n2)cc1. The Hall–Kier alpha value is -3.03. The summed E-state index contributed by atoms with van der Waals surface area (Å²) in [5, 5.41) is 4.38. The first kappa shape index (κ1) is 26.6. The average molecular weight is 592 g/mol. The molecule has 0 fully saturated rings. The van der Waals surface area contributed by atoms with Crippen LogP contribution in [0.4, 0.5) is 5.00 Å². The second-order valence-corrected chi connectivity index (χ2v) is 12.0. The third-order valence-corrected chi connectivity index (χ3v) is 8.88. The van der Waals surface area contributed by atoms with E-state index in [-0.39, 0.29) is 5.91 Å². The molecule has 1 amide bonds. The van der Waals surface area contributed by atoms with Crippen LogP contribution in [0.25, 0.3) is 22.2 Å². The fourth-order valence-electron chi connectivity index (χ4n) is 5.08. The summed E-state index contributed by atoms with van der Waals surface area (Å²) in [5.41, 5.74) is 5.75. The van der Waals surface area contributed by atoms with Gasteiger partial charge in [-0.05, 0) is 73.4 Å². The van der Waals surface area contributed by atoms with Crippen LogP contribution in [-0.4, -0.2) is 24.0 Å². The van der Waals surface area contributed by atoms with Gasteiger partial charge in [-0.2, -0.15) is 0 Å². The number of aromatic nitrogens is 1. The summed E-state index contributed by atoms with van der Waals surface area (Å²) in [4.78, 5) is 32.6. The average Bonchev–Trinajstić information content (AvgIpc) is 3.27. The van der Waals surface area contributed by atoms with Gasteiger partial charge in [0.2, 0.25) is 0 Å². The summed E-state index contributed by atoms with van der Waals surface area (Å²) in [6, 6.07) is 16.0. The fourth-order valence-corrected chi connectivity index (χ4v) is 6.84. The Bertz CT molecular complexity index is 1510. The molecule has 2 aromatic heterocycles. The van der Waals surface area contributed by atoms with Crippen LogP contribution >= 0.6 is 27.3 Å². The van der Waals surface area contributed by atoms with Crippen LogP contribution in [0.1, 0.15) is 69.8 Å². The Morgan fingerprint density at radius 3 is 2.68 bits per heavy atom. The van der Waals surface area contributed by atoms with Gasteiger partial charge in [0.1, 0.15) is 5.00 Å². The molecule has 1 N–H and O–H groups in total. The molecular formula is C31H31BrN2O3S. The number of halogens is 1. The molecule has 7 heteroatoms. The minimum atomic E-state index is -0.404. The van der Waals surface area contributed by atoms with Crippen molar-refractivity contribution in [1.82, 2.24) is 4.98 Å². The number of carbonyl (C=O) groups is 2. The van der Waals surface area contributed by atoms with Crippen molar-refractivity contribution in [3.63, 3.8) is 0 Å². The molecule has 0 bridgehead atoms. The first-order valence-corrected chi connectivity index (χ1v) is 14.7. The molecule has 1 atom stereocenters. The Kier molecular flexibility index (Phi) is 7.96. The number of nitrogens with one attached hydrogen (secondary N) is 1. The molecule has 1 unspecified atom stereocenters. The van der Waals surface area contributed by atoms with Gasteiger partial charge < -0.3 is 10.1 Å². The zero-order valence-electron chi connectivity index (χ0n) is 21.9. The number of rotatable bonds is 7. The van der Waals surface area contributed by atoms with E-state index in [2.05, 4.69) is 59.4 Å². The van der Waals surface area contributed by atoms with Gasteiger partial charge in [0.25, 0.3) is 5.91 Å². The smallest absolute Gasteiger partial charge is 0.341 e. The zero-order chi connectivity index (χ0) is 26.8. The van der Waals surface area contributed by atoms with Crippen LogP contribution in [0.15, 0.2) is 53.0 Å². The third-order valence-electron chi connectivity index (χ3n) is 7.21. The van der Waals surface area contributed by atoms with E-state index in [4.69, 9.17) is 9.72 Å². The number of hydrogen-bond donors (Lipinski definition) is 1. The van der Waals surface area contributed by atoms with Gasteiger partial charge in [-0.25, -0.2) is 9.78 Å². The van der Waals surface area contributed by atoms with Gasteiger partial charge in [0, 0.05) is 20.3 Å². The van der Waals surface area contributed by atoms with Crippen LogP contribution in [0.2, 0.25) is 0 Å². The van der Waals surface area contributed by atoms with Gasteiger partial charge >= 0.3 is 5.97 Å². The topological polar surface area (TPSA) is 68.3 Å². The summed E-state index contributed by atoms with van der Waals surface area (Å²) < 4.78 is 5.98. The van der Waals surface area contributed by atoms with E-state index in [9.17, 15) is 9.59 Å². The van der Waals surface area contributed by atoms with E-state index in [1.807, 2.05) is 24.3 Å². The van der Waals surface area contributed by atoms with Gasteiger partial charge in [-0.1, -0.05) is 60.5 Å². The molecule has 0 aliphatic heterocycles. The number of methoxy groups -OCH3 is 1. The van der Waals surface area contributed by atoms with Crippen molar-refractivity contribution in [2.24, 2.45) is 5.92 Å². The molecule has 1 aliphatic carbocycles. The summed E-state index contributed by atoms with van der Waals surface area (Å²) >= 11 is 5.03. The maximum atomic E-state index is 13.8. The minimum absolute atomic E-state index is 0.270. The summed E-state index contributed by atoms with van der Waals surface area (Å²) in [6.07, 6.45) is 6.11. The number of esters is 1. The molecular weight excluding hydrogens is 560 g/mol. The number of thiophene rings is 1. The molecule has 1 aliphatic rings. The number of ether oxygens (including phenoxy) is 1. The zero-order valence-corrected chi connectivity index (χ0v) is 24.3. The van der Waals surface area contributed by atoms with E-state index in [1.165, 1.54) is 24.0 Å². The number of carbonyl (C=O) groups excluding carboxylic acids is 2. The normalized spacial score (nSPS) is 14.8. The highest BCUT2D eigenvalue weighted by Gasteiger charge is 2.29. The predicted molar refractivity (Wildman–Crippen MR) is 158 cm³/mol. The monoisotopic (exact) mass is 590 g/mol. The number of nitrogens with zero attached hydrogens (tertiary/aromatic N) is 1. The fraction of sp³-hybridized carbons (Fsp3) is 0.323. The molecule has 2 aromatic carbocycles. The number of pyridine rings is 1. The quantitative estimate of drug-likeness (QED) is 0.220. The minimum Gasteiger partial charge on any atom is -0.465 e. The van der Waals surface area contributed by atoms with Crippen molar-refractivity contribution in [2.75, 3.05) is 12.4 Å². The van der Waals surface area contributed by atoms with Gasteiger partial charge in [-0.3, -0.25) is 4.79 Å². The Morgan fingerprint density at radius 2 is 1.95 bits per heavy atom. The number of benzene rings is 2. The van der Waals surface area contributed by atoms with Crippen molar-refractivity contribution < 1.29 is 14.3 Å². The lowest BCUT2D eigenvalue weighted by Gasteiger charge is -2.18. The number of amides is 1. The second-order valence-electron chi connectivity index (χ2n) is 10.0. The van der Waals surface area contributed by atoms with Crippen molar-refractivity contribution in [1.29, 1.82) is 0 Å². The molecule has 2 heterocycles. The molecule has 0 spiro atoms. The van der Waals surface area contributed by atoms with Crippen molar-refractivity contribution in [2.45, 2.75) is 52.4 Å². The van der Waals surface area contributed by atoms with Crippen LogP contribution in [0.5, 0.6) is 0 Å². The van der Waals surface area contributed by atoms with Crippen molar-refractivity contribution in [3.8, 4) is 11.3 Å². The number of aryl methyl sites for hydroxylation is 1. The number of unbranched alkanes of at least 4 members (excludes halogenated alkanes) is 1. The highest BCUT2D eigenvalue weighted by molar-refractivity contribution is 9.10. The molecule has 38 heavy (non-hydrogen) atoms. The number of fused-ring (bicyclic) bond motifs is 2. The van der Waals surface area contributed by atoms with Gasteiger partial charge in [0.05, 0.1) is 29.4 Å². The lowest BCUT2D eigenvalue weighted by molar-refractivity contribution is 0.0601. The van der Waals surface area contributed by atoms with E-state index < -0.39 is 5.97 Å². The van der Waals surface area contributed by atoms with Crippen LogP contribution in [-0.2, 0) is 24.0 Å². The van der Waals surface area contributed by atoms with Gasteiger partial charge in [0.15, 0.2) is 0 Å². The van der Waals surface area contributed by atoms with Crippen LogP contribution < -0.4 is 5.32 Å². The number of hydrogen-bond acceptors (Lipinski definition) is 5. The first-order chi connectivity index (χ1) is 18.4. The molecule has 0 saturated heterocycles. The predicted octanol–water partition coefficient (Wildman–Crippen LogP) is 8.23. The molecule has 0 radical (unpaired) electrons. The van der Waals surface area contributed by atoms with Crippen LogP contribution in [0.3, 0.4) is 0 Å². The maximum Gasteiger partial charge on any atom is 0.341 e. The Labute approximate surface area is 235 Å². The summed E-state index contributed by atoms with van der Waals surface area (Å²) in [5.74, 6) is -0.126. The van der Waals surface area contributed by atoms with Gasteiger partial charge in [-0.15, -0.1) is 11.3 Å². The standard InChI is InChI=1S/C31H31BrN2O3S/c1-4-5-6-19-8-10-20(11-9-19)26-17-24(23-16-21(32)12-14-25(23)33-26)29(35)34-30-28(31(36)37-3)22-13-7-18(2)15-27(22)38-30/h8-12,14,16-18H,4-7,13,15H2,1-3H3,(H,34,35). The van der Waals surface area contributed by atoms with Crippen LogP contribution in [0, 0.1) is 5.92 Å². The molecule has 196 valence electrons. The van der Waals surface area contributed by atoms with E-state index >= 15 is 0 Å². The first-order valence-electron chi connectivity index (χ1n) is 13.1. The summed E-state index contributed by atoms with van der Waals surface area (Å²) in [7, 11) is 1.39. The molecule has 5 rings (SSSR count). The van der Waals surface area contributed by atoms with E-state index in [0.29, 0.717) is 22.0 Å². The lowest BCUT2D eigenvalue weighted by atomic mass is 9.88. The lowest BCUT2D eigenvalue weighted by Crippen LogP contribution is -2.16. The molecule has 5 nitrogen and oxygen atoms in total. The highest BCUT2D eigenvalue weighted by Crippen LogP contribution is 2.40. The summed E-state index contributed by atoms with van der Waals surface area (Å²) in [6.45, 7) is 4.41. The maximum absolute atomic E-state index is 13.8. The van der Waals surface area contributed by atoms with E-state index in [1.54, 1.807) is 0 Å². The molecule has 4 aromatic rings. The number of anilines is 1.